The van der Waals surface area contributed by atoms with Gasteiger partial charge in [-0.2, -0.15) is 0 Å². The number of amides is 2. The van der Waals surface area contributed by atoms with E-state index in [1.54, 1.807) is 63.6 Å². The summed E-state index contributed by atoms with van der Waals surface area (Å²) in [6.45, 7) is 1.63. The minimum Gasteiger partial charge on any atom is -0.493 e. The first-order valence-electron chi connectivity index (χ1n) is 8.89. The van der Waals surface area contributed by atoms with E-state index < -0.39 is 6.04 Å². The predicted molar refractivity (Wildman–Crippen MR) is 124 cm³/mol. The Hall–Kier alpha value is -2.55. The van der Waals surface area contributed by atoms with E-state index in [9.17, 15) is 9.59 Å². The lowest BCUT2D eigenvalue weighted by molar-refractivity contribution is -0.129. The van der Waals surface area contributed by atoms with Gasteiger partial charge in [-0.25, -0.2) is 0 Å². The number of nitrogens with one attached hydrogen (secondary N) is 1. The molecule has 2 amide bonds. The van der Waals surface area contributed by atoms with Crippen LogP contribution in [0.15, 0.2) is 47.4 Å². The highest BCUT2D eigenvalue weighted by Crippen LogP contribution is 2.35. The van der Waals surface area contributed by atoms with E-state index in [0.29, 0.717) is 31.4 Å². The number of thiocarbonyl (C=S) groups is 1. The Balaban J connectivity index is 1.77. The van der Waals surface area contributed by atoms with Crippen molar-refractivity contribution in [2.75, 3.05) is 19.5 Å². The van der Waals surface area contributed by atoms with E-state index in [1.807, 2.05) is 6.07 Å². The van der Waals surface area contributed by atoms with E-state index in [0.717, 1.165) is 17.3 Å². The van der Waals surface area contributed by atoms with E-state index in [-0.39, 0.29) is 11.8 Å². The zero-order valence-electron chi connectivity index (χ0n) is 16.5. The van der Waals surface area contributed by atoms with Crippen LogP contribution < -0.4 is 14.8 Å². The van der Waals surface area contributed by atoms with Crippen molar-refractivity contribution in [1.82, 2.24) is 4.90 Å². The standard InChI is InChI=1S/C21H19ClN2O4S2/c1-12(19(25)23-15-7-5-14(22)6-8-15)24-20(26)18(30-21(24)29)11-13-4-9-16(27-2)17(10-13)28-3/h4-12H,1-3H3,(H,23,25)/b18-11-. The topological polar surface area (TPSA) is 67.9 Å². The smallest absolute Gasteiger partial charge is 0.266 e. The van der Waals surface area contributed by atoms with Gasteiger partial charge in [0.2, 0.25) is 5.91 Å². The zero-order valence-corrected chi connectivity index (χ0v) is 18.9. The number of hydrogen-bond donors (Lipinski definition) is 1. The van der Waals surface area contributed by atoms with Crippen LogP contribution in [0.25, 0.3) is 6.08 Å². The number of methoxy groups -OCH3 is 2. The van der Waals surface area contributed by atoms with Gasteiger partial charge < -0.3 is 14.8 Å². The van der Waals surface area contributed by atoms with Gasteiger partial charge in [-0.05, 0) is 55.0 Å². The van der Waals surface area contributed by atoms with Crippen molar-refractivity contribution in [1.29, 1.82) is 0 Å². The third-order valence-electron chi connectivity index (χ3n) is 4.41. The normalized spacial score (nSPS) is 16.0. The van der Waals surface area contributed by atoms with Crippen LogP contribution in [0.2, 0.25) is 5.02 Å². The molecular formula is C21H19ClN2O4S2. The lowest BCUT2D eigenvalue weighted by atomic mass is 10.1. The molecule has 2 aromatic carbocycles. The van der Waals surface area contributed by atoms with Gasteiger partial charge in [-0.1, -0.05) is 41.6 Å². The molecule has 0 spiro atoms. The van der Waals surface area contributed by atoms with Gasteiger partial charge in [-0.3, -0.25) is 14.5 Å². The second-order valence-electron chi connectivity index (χ2n) is 6.34. The molecule has 3 rings (SSSR count). The number of rotatable bonds is 6. The van der Waals surface area contributed by atoms with Crippen LogP contribution in [-0.2, 0) is 9.59 Å². The van der Waals surface area contributed by atoms with Gasteiger partial charge in [0.05, 0.1) is 19.1 Å². The maximum absolute atomic E-state index is 12.9. The predicted octanol–water partition coefficient (Wildman–Crippen LogP) is 4.59. The number of hydrogen-bond acceptors (Lipinski definition) is 6. The summed E-state index contributed by atoms with van der Waals surface area (Å²) in [7, 11) is 3.10. The summed E-state index contributed by atoms with van der Waals surface area (Å²) < 4.78 is 10.9. The van der Waals surface area contributed by atoms with Crippen molar-refractivity contribution in [3.63, 3.8) is 0 Å². The molecule has 9 heteroatoms. The highest BCUT2D eigenvalue weighted by atomic mass is 35.5. The molecule has 0 aliphatic carbocycles. The molecule has 156 valence electrons. The fourth-order valence-electron chi connectivity index (χ4n) is 2.80. The molecular weight excluding hydrogens is 444 g/mol. The van der Waals surface area contributed by atoms with Gasteiger partial charge in [0.25, 0.3) is 5.91 Å². The number of carbonyl (C=O) groups is 2. The summed E-state index contributed by atoms with van der Waals surface area (Å²) in [6, 6.07) is 11.3. The molecule has 0 radical (unpaired) electrons. The molecule has 1 aliphatic rings. The van der Waals surface area contributed by atoms with Gasteiger partial charge in [0.15, 0.2) is 11.5 Å². The van der Waals surface area contributed by atoms with Crippen LogP contribution in [-0.4, -0.2) is 41.3 Å². The molecule has 0 saturated carbocycles. The Bertz CT molecular complexity index is 1020. The van der Waals surface area contributed by atoms with Crippen molar-refractivity contribution in [3.8, 4) is 11.5 Å². The maximum atomic E-state index is 12.9. The maximum Gasteiger partial charge on any atom is 0.266 e. The quantitative estimate of drug-likeness (QED) is 0.500. The van der Waals surface area contributed by atoms with Crippen molar-refractivity contribution >= 4 is 63.5 Å². The monoisotopic (exact) mass is 462 g/mol. The molecule has 30 heavy (non-hydrogen) atoms. The molecule has 1 saturated heterocycles. The molecule has 0 aromatic heterocycles. The second-order valence-corrected chi connectivity index (χ2v) is 8.45. The molecule has 1 unspecified atom stereocenters. The molecule has 0 bridgehead atoms. The third kappa shape index (κ3) is 4.77. The molecule has 1 fully saturated rings. The van der Waals surface area contributed by atoms with E-state index >= 15 is 0 Å². The minimum atomic E-state index is -0.774. The lowest BCUT2D eigenvalue weighted by Gasteiger charge is -2.22. The molecule has 1 heterocycles. The minimum absolute atomic E-state index is 0.321. The molecule has 1 N–H and O–H groups in total. The molecule has 1 aliphatic heterocycles. The number of anilines is 1. The number of nitrogens with zero attached hydrogens (tertiary/aromatic N) is 1. The fraction of sp³-hybridized carbons (Fsp3) is 0.190. The van der Waals surface area contributed by atoms with Gasteiger partial charge in [-0.15, -0.1) is 0 Å². The number of benzene rings is 2. The molecule has 6 nitrogen and oxygen atoms in total. The highest BCUT2D eigenvalue weighted by Gasteiger charge is 2.38. The fourth-order valence-corrected chi connectivity index (χ4v) is 4.35. The van der Waals surface area contributed by atoms with Crippen LogP contribution in [0.4, 0.5) is 5.69 Å². The van der Waals surface area contributed by atoms with Crippen molar-refractivity contribution < 1.29 is 19.1 Å². The first-order chi connectivity index (χ1) is 14.3. The van der Waals surface area contributed by atoms with Gasteiger partial charge in [0.1, 0.15) is 10.4 Å². The van der Waals surface area contributed by atoms with E-state index in [1.165, 1.54) is 4.90 Å². The summed E-state index contributed by atoms with van der Waals surface area (Å²) in [5.74, 6) is 0.478. The van der Waals surface area contributed by atoms with Crippen molar-refractivity contribution in [3.05, 3.63) is 58.0 Å². The van der Waals surface area contributed by atoms with E-state index in [4.69, 9.17) is 33.3 Å². The third-order valence-corrected chi connectivity index (χ3v) is 5.99. The van der Waals surface area contributed by atoms with Crippen molar-refractivity contribution in [2.24, 2.45) is 0 Å². The zero-order chi connectivity index (χ0) is 21.8. The van der Waals surface area contributed by atoms with Crippen LogP contribution in [0.5, 0.6) is 11.5 Å². The summed E-state index contributed by atoms with van der Waals surface area (Å²) >= 11 is 12.4. The van der Waals surface area contributed by atoms with Crippen molar-refractivity contribution in [2.45, 2.75) is 13.0 Å². The number of carbonyl (C=O) groups excluding carboxylic acids is 2. The Morgan fingerprint density at radius 2 is 1.83 bits per heavy atom. The highest BCUT2D eigenvalue weighted by molar-refractivity contribution is 8.26. The average molecular weight is 463 g/mol. The number of thioether (sulfide) groups is 1. The van der Waals surface area contributed by atoms with E-state index in [2.05, 4.69) is 5.32 Å². The number of ether oxygens (including phenoxy) is 2. The Kier molecular flexibility index (Phi) is 7.02. The second kappa shape index (κ2) is 9.51. The molecule has 2 aromatic rings. The summed E-state index contributed by atoms with van der Waals surface area (Å²) in [5.41, 5.74) is 1.34. The summed E-state index contributed by atoms with van der Waals surface area (Å²) in [5, 5.41) is 3.34. The molecule has 1 atom stereocenters. The Morgan fingerprint density at radius 1 is 1.17 bits per heavy atom. The SMILES string of the molecule is COc1ccc(/C=C2\SC(=S)N(C(C)C(=O)Nc3ccc(Cl)cc3)C2=O)cc1OC. The van der Waals surface area contributed by atoms with Gasteiger partial charge >= 0.3 is 0 Å². The first kappa shape index (κ1) is 22.1. The van der Waals surface area contributed by atoms with Crippen LogP contribution >= 0.6 is 35.6 Å². The number of halogens is 1. The Labute approximate surface area is 189 Å². The van der Waals surface area contributed by atoms with Crippen LogP contribution in [0.3, 0.4) is 0 Å². The summed E-state index contributed by atoms with van der Waals surface area (Å²) in [6.07, 6.45) is 1.71. The van der Waals surface area contributed by atoms with Crippen LogP contribution in [0, 0.1) is 0 Å². The largest absolute Gasteiger partial charge is 0.493 e. The van der Waals surface area contributed by atoms with Crippen LogP contribution in [0.1, 0.15) is 12.5 Å². The summed E-state index contributed by atoms with van der Waals surface area (Å²) in [4.78, 5) is 27.3. The lowest BCUT2D eigenvalue weighted by Crippen LogP contribution is -2.44. The van der Waals surface area contributed by atoms with Gasteiger partial charge in [0, 0.05) is 10.7 Å². The Morgan fingerprint density at radius 3 is 2.47 bits per heavy atom. The first-order valence-corrected chi connectivity index (χ1v) is 10.5. The average Bonchev–Trinajstić information content (AvgIpc) is 3.01.